The number of likely N-dealkylation sites (N-methyl/N-ethyl adjacent to an activating group) is 1. The Kier molecular flexibility index (Phi) is 5.60. The maximum Gasteiger partial charge on any atom is 0.416 e. The van der Waals surface area contributed by atoms with Gasteiger partial charge < -0.3 is 9.47 Å². The van der Waals surface area contributed by atoms with Crippen LogP contribution in [0.2, 0.25) is 5.02 Å². The second-order valence-electron chi connectivity index (χ2n) is 6.20. The molecule has 0 fully saturated rings. The molecular weight excluding hydrogens is 393 g/mol. The summed E-state index contributed by atoms with van der Waals surface area (Å²) < 4.78 is 40.1. The normalized spacial score (nSPS) is 11.8. The van der Waals surface area contributed by atoms with Crippen molar-refractivity contribution in [2.45, 2.75) is 26.6 Å². The van der Waals surface area contributed by atoms with Crippen LogP contribution in [0.1, 0.15) is 19.4 Å². The van der Waals surface area contributed by atoms with Gasteiger partial charge in [-0.3, -0.25) is 4.79 Å². The van der Waals surface area contributed by atoms with E-state index in [1.54, 1.807) is 15.5 Å². The third-order valence-corrected chi connectivity index (χ3v) is 4.80. The van der Waals surface area contributed by atoms with Crippen LogP contribution in [0, 0.1) is 0 Å². The molecule has 9 heteroatoms. The van der Waals surface area contributed by atoms with Crippen molar-refractivity contribution < 1.29 is 18.0 Å². The fraction of sp³-hybridized carbons (Fsp3) is 0.316. The maximum absolute atomic E-state index is 12.8. The van der Waals surface area contributed by atoms with Gasteiger partial charge in [0.05, 0.1) is 11.9 Å². The molecule has 0 N–H and O–H groups in total. The first-order chi connectivity index (χ1) is 13.2. The number of carbonyl (C=O) groups excluding carboxylic acids is 1. The molecule has 148 valence electrons. The van der Waals surface area contributed by atoms with Gasteiger partial charge in [0.2, 0.25) is 5.91 Å². The molecule has 0 unspecified atom stereocenters. The summed E-state index contributed by atoms with van der Waals surface area (Å²) in [6.07, 6.45) is -1.42. The minimum Gasteiger partial charge on any atom is -0.342 e. The number of fused-ring (bicyclic) bond motifs is 1. The topological polar surface area (TPSA) is 51.0 Å². The average molecular weight is 411 g/mol. The number of carbonyl (C=O) groups is 1. The Balaban J connectivity index is 1.91. The minimum absolute atomic E-state index is 0.0212. The molecule has 1 amide bonds. The molecule has 0 radical (unpaired) electrons. The molecule has 0 aliphatic rings. The lowest BCUT2D eigenvalue weighted by molar-refractivity contribution is -0.137. The smallest absolute Gasteiger partial charge is 0.342 e. The Bertz CT molecular complexity index is 1010. The highest BCUT2D eigenvalue weighted by molar-refractivity contribution is 6.33. The monoisotopic (exact) mass is 410 g/mol. The number of halogens is 4. The molecule has 0 saturated heterocycles. The minimum atomic E-state index is -4.46. The summed E-state index contributed by atoms with van der Waals surface area (Å²) in [5.41, 5.74) is 1.21. The van der Waals surface area contributed by atoms with Crippen molar-refractivity contribution in [3.8, 4) is 11.1 Å². The summed E-state index contributed by atoms with van der Waals surface area (Å²) in [6, 6.07) is 4.87. The number of imidazole rings is 1. The van der Waals surface area contributed by atoms with Crippen LogP contribution in [-0.4, -0.2) is 38.4 Å². The standard InChI is InChI=1S/C19H18ClF3N4O/c1-3-26(4-2)17(28)10-27-11-25-16-7-12(9-24-18(16)27)14-6-5-13(8-15(14)20)19(21,22)23/h5-9,11H,3-4,10H2,1-2H3. The van der Waals surface area contributed by atoms with Crippen molar-refractivity contribution in [2.24, 2.45) is 0 Å². The average Bonchev–Trinajstić information content (AvgIpc) is 3.04. The van der Waals surface area contributed by atoms with Gasteiger partial charge in [0.25, 0.3) is 0 Å². The molecule has 3 rings (SSSR count). The zero-order chi connectivity index (χ0) is 20.5. The van der Waals surface area contributed by atoms with Gasteiger partial charge in [0.1, 0.15) is 12.1 Å². The number of aromatic nitrogens is 3. The summed E-state index contributed by atoms with van der Waals surface area (Å²) in [5, 5.41) is -0.0212. The van der Waals surface area contributed by atoms with Gasteiger partial charge in [-0.05, 0) is 32.0 Å². The molecule has 2 heterocycles. The molecule has 1 aromatic carbocycles. The number of nitrogens with zero attached hydrogens (tertiary/aromatic N) is 4. The third kappa shape index (κ3) is 3.96. The molecule has 0 spiro atoms. The molecule has 0 bridgehead atoms. The van der Waals surface area contributed by atoms with E-state index in [1.807, 2.05) is 13.8 Å². The van der Waals surface area contributed by atoms with E-state index >= 15 is 0 Å². The highest BCUT2D eigenvalue weighted by Gasteiger charge is 2.31. The molecule has 28 heavy (non-hydrogen) atoms. The van der Waals surface area contributed by atoms with Gasteiger partial charge >= 0.3 is 6.18 Å². The Morgan fingerprint density at radius 3 is 2.50 bits per heavy atom. The third-order valence-electron chi connectivity index (χ3n) is 4.48. The second kappa shape index (κ2) is 7.79. The molecule has 0 aliphatic carbocycles. The van der Waals surface area contributed by atoms with Crippen LogP contribution in [0.25, 0.3) is 22.3 Å². The van der Waals surface area contributed by atoms with E-state index in [0.717, 1.165) is 12.1 Å². The number of alkyl halides is 3. The van der Waals surface area contributed by atoms with E-state index in [4.69, 9.17) is 11.6 Å². The fourth-order valence-corrected chi connectivity index (χ4v) is 3.25. The zero-order valence-electron chi connectivity index (χ0n) is 15.3. The lowest BCUT2D eigenvalue weighted by Gasteiger charge is -2.18. The van der Waals surface area contributed by atoms with Gasteiger partial charge in [-0.2, -0.15) is 13.2 Å². The first kappa shape index (κ1) is 20.1. The Labute approximate surface area is 164 Å². The van der Waals surface area contributed by atoms with E-state index in [-0.39, 0.29) is 17.5 Å². The Hall–Kier alpha value is -2.61. The summed E-state index contributed by atoms with van der Waals surface area (Å²) in [4.78, 5) is 22.6. The van der Waals surface area contributed by atoms with Crippen LogP contribution in [0.5, 0.6) is 0 Å². The number of pyridine rings is 1. The quantitative estimate of drug-likeness (QED) is 0.615. The molecule has 0 atom stereocenters. The van der Waals surface area contributed by atoms with Crippen LogP contribution in [0.15, 0.2) is 36.8 Å². The van der Waals surface area contributed by atoms with Crippen molar-refractivity contribution in [2.75, 3.05) is 13.1 Å². The molecule has 2 aromatic heterocycles. The van der Waals surface area contributed by atoms with Gasteiger partial charge in [-0.1, -0.05) is 17.7 Å². The summed E-state index contributed by atoms with van der Waals surface area (Å²) >= 11 is 6.06. The van der Waals surface area contributed by atoms with Crippen molar-refractivity contribution in [1.29, 1.82) is 0 Å². The summed E-state index contributed by atoms with van der Waals surface area (Å²) in [5.74, 6) is -0.0408. The fourth-order valence-electron chi connectivity index (χ4n) is 2.96. The molecule has 5 nitrogen and oxygen atoms in total. The number of benzene rings is 1. The number of hydrogen-bond donors (Lipinski definition) is 0. The summed E-state index contributed by atoms with van der Waals surface area (Å²) in [6.45, 7) is 5.17. The summed E-state index contributed by atoms with van der Waals surface area (Å²) in [7, 11) is 0. The first-order valence-electron chi connectivity index (χ1n) is 8.70. The van der Waals surface area contributed by atoms with Crippen molar-refractivity contribution in [3.05, 3.63) is 47.4 Å². The van der Waals surface area contributed by atoms with Gasteiger partial charge in [-0.15, -0.1) is 0 Å². The van der Waals surface area contributed by atoms with Gasteiger partial charge in [0, 0.05) is 35.4 Å². The predicted molar refractivity (Wildman–Crippen MR) is 101 cm³/mol. The predicted octanol–water partition coefficient (Wildman–Crippen LogP) is 4.64. The van der Waals surface area contributed by atoms with Crippen molar-refractivity contribution >= 4 is 28.7 Å². The second-order valence-corrected chi connectivity index (χ2v) is 6.60. The molecule has 0 aliphatic heterocycles. The van der Waals surface area contributed by atoms with Crippen LogP contribution in [0.3, 0.4) is 0 Å². The number of rotatable bonds is 5. The lowest BCUT2D eigenvalue weighted by atomic mass is 10.0. The first-order valence-corrected chi connectivity index (χ1v) is 9.08. The molecule has 3 aromatic rings. The van der Waals surface area contributed by atoms with Crippen LogP contribution in [-0.2, 0) is 17.5 Å². The van der Waals surface area contributed by atoms with Gasteiger partial charge in [-0.25, -0.2) is 9.97 Å². The zero-order valence-corrected chi connectivity index (χ0v) is 16.1. The number of hydrogen-bond acceptors (Lipinski definition) is 3. The van der Waals surface area contributed by atoms with E-state index in [0.29, 0.717) is 35.4 Å². The van der Waals surface area contributed by atoms with E-state index in [9.17, 15) is 18.0 Å². The van der Waals surface area contributed by atoms with E-state index < -0.39 is 11.7 Å². The Morgan fingerprint density at radius 2 is 1.89 bits per heavy atom. The van der Waals surface area contributed by atoms with E-state index in [2.05, 4.69) is 9.97 Å². The number of amides is 1. The molecular formula is C19H18ClF3N4O. The van der Waals surface area contributed by atoms with Crippen molar-refractivity contribution in [1.82, 2.24) is 19.4 Å². The Morgan fingerprint density at radius 1 is 1.18 bits per heavy atom. The van der Waals surface area contributed by atoms with E-state index in [1.165, 1.54) is 18.6 Å². The van der Waals surface area contributed by atoms with Crippen LogP contribution >= 0.6 is 11.6 Å². The SMILES string of the molecule is CCN(CC)C(=O)Cn1cnc2cc(-c3ccc(C(F)(F)F)cc3Cl)cnc21. The highest BCUT2D eigenvalue weighted by Crippen LogP contribution is 2.35. The lowest BCUT2D eigenvalue weighted by Crippen LogP contribution is -2.33. The molecule has 0 saturated carbocycles. The van der Waals surface area contributed by atoms with Crippen LogP contribution < -0.4 is 0 Å². The highest BCUT2D eigenvalue weighted by atomic mass is 35.5. The van der Waals surface area contributed by atoms with Gasteiger partial charge in [0.15, 0.2) is 5.65 Å². The maximum atomic E-state index is 12.8. The van der Waals surface area contributed by atoms with Crippen molar-refractivity contribution in [3.63, 3.8) is 0 Å². The largest absolute Gasteiger partial charge is 0.416 e. The van der Waals surface area contributed by atoms with Crippen LogP contribution in [0.4, 0.5) is 13.2 Å².